The van der Waals surface area contributed by atoms with Crippen molar-refractivity contribution in [2.75, 3.05) is 19.7 Å². The minimum Gasteiger partial charge on any atom is -0.465 e. The molecular weight excluding hydrogens is 234 g/mol. The number of rotatable bonds is 6. The molecule has 0 bridgehead atoms. The molecule has 0 N–H and O–H groups in total. The van der Waals surface area contributed by atoms with Crippen LogP contribution < -0.4 is 0 Å². The fourth-order valence-electron chi connectivity index (χ4n) is 1.45. The van der Waals surface area contributed by atoms with Crippen molar-refractivity contribution < 1.29 is 14.3 Å². The second kappa shape index (κ2) is 6.58. The lowest BCUT2D eigenvalue weighted by atomic mass is 10.3. The van der Waals surface area contributed by atoms with Crippen molar-refractivity contribution >= 4 is 11.9 Å². The largest absolute Gasteiger partial charge is 0.465 e. The molecule has 1 heterocycles. The molecule has 1 amide bonds. The van der Waals surface area contributed by atoms with E-state index in [1.54, 1.807) is 26.2 Å². The Morgan fingerprint density at radius 2 is 2.33 bits per heavy atom. The zero-order chi connectivity index (χ0) is 13.5. The molecule has 0 aromatic carbocycles. The van der Waals surface area contributed by atoms with Crippen LogP contribution in [-0.2, 0) is 16.6 Å². The first kappa shape index (κ1) is 14.0. The van der Waals surface area contributed by atoms with Gasteiger partial charge in [0.05, 0.1) is 18.4 Å². The lowest BCUT2D eigenvalue weighted by molar-refractivity contribution is -0.143. The molecule has 0 fully saturated rings. The van der Waals surface area contributed by atoms with Gasteiger partial charge in [0, 0.05) is 19.8 Å². The van der Waals surface area contributed by atoms with E-state index >= 15 is 0 Å². The summed E-state index contributed by atoms with van der Waals surface area (Å²) in [6.07, 6.45) is 4.63. The second-order valence-electron chi connectivity index (χ2n) is 3.68. The summed E-state index contributed by atoms with van der Waals surface area (Å²) in [5, 5.41) is 3.92. The Bertz CT molecular complexity index is 440. The van der Waals surface area contributed by atoms with Crippen LogP contribution in [0.2, 0.25) is 0 Å². The number of ether oxygens (including phenoxy) is 1. The van der Waals surface area contributed by atoms with Gasteiger partial charge in [-0.2, -0.15) is 5.10 Å². The highest BCUT2D eigenvalue weighted by Crippen LogP contribution is 2.04. The normalized spacial score (nSPS) is 9.89. The number of esters is 1. The monoisotopic (exact) mass is 251 g/mol. The van der Waals surface area contributed by atoms with Gasteiger partial charge in [-0.15, -0.1) is 6.58 Å². The molecule has 0 radical (unpaired) electrons. The number of hydrogen-bond acceptors (Lipinski definition) is 4. The molecule has 1 rings (SSSR count). The Labute approximate surface area is 106 Å². The predicted molar refractivity (Wildman–Crippen MR) is 65.9 cm³/mol. The maximum Gasteiger partial charge on any atom is 0.325 e. The average Bonchev–Trinajstić information content (AvgIpc) is 2.75. The van der Waals surface area contributed by atoms with Crippen LogP contribution in [0.4, 0.5) is 0 Å². The summed E-state index contributed by atoms with van der Waals surface area (Å²) >= 11 is 0. The molecular formula is C12H17N3O3. The summed E-state index contributed by atoms with van der Waals surface area (Å²) in [5.41, 5.74) is 0.434. The van der Waals surface area contributed by atoms with Crippen LogP contribution in [0.15, 0.2) is 25.0 Å². The summed E-state index contributed by atoms with van der Waals surface area (Å²) < 4.78 is 6.35. The van der Waals surface area contributed by atoms with Gasteiger partial charge in [0.25, 0.3) is 5.91 Å². The van der Waals surface area contributed by atoms with Crippen LogP contribution in [-0.4, -0.2) is 46.3 Å². The molecule has 0 aliphatic rings. The van der Waals surface area contributed by atoms with Gasteiger partial charge in [-0.25, -0.2) is 0 Å². The van der Waals surface area contributed by atoms with E-state index in [1.165, 1.54) is 15.8 Å². The van der Waals surface area contributed by atoms with E-state index < -0.39 is 5.97 Å². The first-order valence-corrected chi connectivity index (χ1v) is 5.63. The molecule has 0 atom stereocenters. The number of nitrogens with zero attached hydrogens (tertiary/aromatic N) is 3. The summed E-state index contributed by atoms with van der Waals surface area (Å²) in [4.78, 5) is 24.9. The molecule has 6 nitrogen and oxygen atoms in total. The van der Waals surface area contributed by atoms with Crippen LogP contribution in [0.5, 0.6) is 0 Å². The molecule has 0 saturated carbocycles. The zero-order valence-corrected chi connectivity index (χ0v) is 10.6. The first-order chi connectivity index (χ1) is 8.58. The predicted octanol–water partition coefficient (Wildman–Crippen LogP) is 0.611. The number of aryl methyl sites for hydroxylation is 1. The third-order valence-electron chi connectivity index (χ3n) is 2.21. The Kier molecular flexibility index (Phi) is 5.10. The standard InChI is InChI=1S/C12H17N3O3/c1-4-6-15(9-11(16)18-5-2)12(17)10-7-13-14(3)8-10/h4,7-8H,1,5-6,9H2,2-3H3. The molecule has 18 heavy (non-hydrogen) atoms. The molecule has 0 aliphatic heterocycles. The van der Waals surface area contributed by atoms with Crippen LogP contribution >= 0.6 is 0 Å². The lowest BCUT2D eigenvalue weighted by Gasteiger charge is -2.19. The molecule has 0 saturated heterocycles. The smallest absolute Gasteiger partial charge is 0.325 e. The molecule has 1 aromatic heterocycles. The van der Waals surface area contributed by atoms with Gasteiger partial charge in [0.15, 0.2) is 0 Å². The molecule has 1 aromatic rings. The second-order valence-corrected chi connectivity index (χ2v) is 3.68. The third-order valence-corrected chi connectivity index (χ3v) is 2.21. The van der Waals surface area contributed by atoms with Crippen molar-refractivity contribution in [2.45, 2.75) is 6.92 Å². The molecule has 6 heteroatoms. The number of aromatic nitrogens is 2. The Balaban J connectivity index is 2.74. The maximum absolute atomic E-state index is 12.1. The topological polar surface area (TPSA) is 64.4 Å². The number of amides is 1. The highest BCUT2D eigenvalue weighted by molar-refractivity contribution is 5.95. The Morgan fingerprint density at radius 3 is 2.83 bits per heavy atom. The Morgan fingerprint density at radius 1 is 1.61 bits per heavy atom. The maximum atomic E-state index is 12.1. The van der Waals surface area contributed by atoms with E-state index in [2.05, 4.69) is 11.7 Å². The SMILES string of the molecule is C=CCN(CC(=O)OCC)C(=O)c1cnn(C)c1. The molecule has 98 valence electrons. The molecule has 0 spiro atoms. The quantitative estimate of drug-likeness (QED) is 0.549. The summed E-state index contributed by atoms with van der Waals surface area (Å²) in [6.45, 7) is 5.78. The number of hydrogen-bond donors (Lipinski definition) is 0. The number of carbonyl (C=O) groups excluding carboxylic acids is 2. The first-order valence-electron chi connectivity index (χ1n) is 5.63. The minimum absolute atomic E-state index is 0.0897. The van der Waals surface area contributed by atoms with Gasteiger partial charge in [-0.3, -0.25) is 14.3 Å². The van der Waals surface area contributed by atoms with Crippen molar-refractivity contribution in [1.29, 1.82) is 0 Å². The van der Waals surface area contributed by atoms with Gasteiger partial charge in [-0.05, 0) is 6.92 Å². The fourth-order valence-corrected chi connectivity index (χ4v) is 1.45. The van der Waals surface area contributed by atoms with Crippen LogP contribution in [0, 0.1) is 0 Å². The van der Waals surface area contributed by atoms with Crippen molar-refractivity contribution in [2.24, 2.45) is 7.05 Å². The van der Waals surface area contributed by atoms with E-state index in [-0.39, 0.29) is 19.0 Å². The minimum atomic E-state index is -0.434. The molecule has 0 aliphatic carbocycles. The van der Waals surface area contributed by atoms with Gasteiger partial charge < -0.3 is 9.64 Å². The van der Waals surface area contributed by atoms with Gasteiger partial charge in [-0.1, -0.05) is 6.08 Å². The number of carbonyl (C=O) groups is 2. The van der Waals surface area contributed by atoms with E-state index in [4.69, 9.17) is 4.74 Å². The van der Waals surface area contributed by atoms with Crippen molar-refractivity contribution in [1.82, 2.24) is 14.7 Å². The van der Waals surface area contributed by atoms with Crippen LogP contribution in [0.25, 0.3) is 0 Å². The highest BCUT2D eigenvalue weighted by atomic mass is 16.5. The summed E-state index contributed by atoms with van der Waals surface area (Å²) in [6, 6.07) is 0. The summed E-state index contributed by atoms with van der Waals surface area (Å²) in [5.74, 6) is -0.701. The van der Waals surface area contributed by atoms with Gasteiger partial charge in [0.2, 0.25) is 0 Å². The van der Waals surface area contributed by atoms with Crippen molar-refractivity contribution in [3.63, 3.8) is 0 Å². The van der Waals surface area contributed by atoms with E-state index in [1.807, 2.05) is 0 Å². The van der Waals surface area contributed by atoms with Crippen molar-refractivity contribution in [3.8, 4) is 0 Å². The van der Waals surface area contributed by atoms with E-state index in [0.717, 1.165) is 0 Å². The fraction of sp³-hybridized carbons (Fsp3) is 0.417. The zero-order valence-electron chi connectivity index (χ0n) is 10.6. The van der Waals surface area contributed by atoms with Gasteiger partial charge in [0.1, 0.15) is 6.54 Å². The van der Waals surface area contributed by atoms with Crippen LogP contribution in [0.1, 0.15) is 17.3 Å². The van der Waals surface area contributed by atoms with Gasteiger partial charge >= 0.3 is 5.97 Å². The Hall–Kier alpha value is -2.11. The summed E-state index contributed by atoms with van der Waals surface area (Å²) in [7, 11) is 1.72. The van der Waals surface area contributed by atoms with Crippen molar-refractivity contribution in [3.05, 3.63) is 30.6 Å². The van der Waals surface area contributed by atoms with E-state index in [9.17, 15) is 9.59 Å². The third kappa shape index (κ3) is 3.73. The average molecular weight is 251 g/mol. The highest BCUT2D eigenvalue weighted by Gasteiger charge is 2.19. The van der Waals surface area contributed by atoms with E-state index in [0.29, 0.717) is 12.2 Å². The molecule has 0 unspecified atom stereocenters. The van der Waals surface area contributed by atoms with Crippen LogP contribution in [0.3, 0.4) is 0 Å². The lowest BCUT2D eigenvalue weighted by Crippen LogP contribution is -2.36.